The van der Waals surface area contributed by atoms with Crippen LogP contribution in [-0.4, -0.2) is 36.5 Å². The van der Waals surface area contributed by atoms with E-state index in [1.54, 1.807) is 12.1 Å². The van der Waals surface area contributed by atoms with Crippen LogP contribution in [0.1, 0.15) is 25.7 Å². The Kier molecular flexibility index (Phi) is 2.96. The van der Waals surface area contributed by atoms with Crippen LogP contribution in [0.25, 0.3) is 0 Å². The molecule has 0 bridgehead atoms. The average molecular weight is 262 g/mol. The van der Waals surface area contributed by atoms with Crippen molar-refractivity contribution in [3.8, 4) is 0 Å². The van der Waals surface area contributed by atoms with Gasteiger partial charge in [-0.1, -0.05) is 6.07 Å². The number of rotatable bonds is 1. The summed E-state index contributed by atoms with van der Waals surface area (Å²) >= 11 is 0. The molecule has 1 spiro atoms. The van der Waals surface area contributed by atoms with Crippen LogP contribution in [0.5, 0.6) is 0 Å². The fourth-order valence-electron chi connectivity index (χ4n) is 3.42. The first-order valence-electron chi connectivity index (χ1n) is 6.88. The molecule has 19 heavy (non-hydrogen) atoms. The molecular weight excluding hydrogens is 243 g/mol. The maximum atomic E-state index is 13.3. The largest absolute Gasteiger partial charge is 0.369 e. The van der Waals surface area contributed by atoms with E-state index in [4.69, 9.17) is 0 Å². The predicted molar refractivity (Wildman–Crippen MR) is 72.6 cm³/mol. The van der Waals surface area contributed by atoms with Crippen molar-refractivity contribution >= 4 is 11.6 Å². The van der Waals surface area contributed by atoms with Crippen LogP contribution in [0.3, 0.4) is 0 Å². The van der Waals surface area contributed by atoms with Crippen molar-refractivity contribution in [1.82, 2.24) is 4.90 Å². The van der Waals surface area contributed by atoms with Gasteiger partial charge in [-0.25, -0.2) is 4.39 Å². The summed E-state index contributed by atoms with van der Waals surface area (Å²) in [4.78, 5) is 15.9. The zero-order chi connectivity index (χ0) is 13.5. The van der Waals surface area contributed by atoms with Gasteiger partial charge in [0.2, 0.25) is 5.91 Å². The molecule has 1 unspecified atom stereocenters. The van der Waals surface area contributed by atoms with Crippen molar-refractivity contribution in [2.24, 2.45) is 0 Å². The molecule has 2 fully saturated rings. The van der Waals surface area contributed by atoms with Crippen molar-refractivity contribution in [1.29, 1.82) is 0 Å². The number of carbonyl (C=O) groups excluding carboxylic acids is 1. The Morgan fingerprint density at radius 1 is 1.32 bits per heavy atom. The first-order valence-corrected chi connectivity index (χ1v) is 6.88. The third-order valence-electron chi connectivity index (χ3n) is 4.62. The summed E-state index contributed by atoms with van der Waals surface area (Å²) in [5.74, 6) is 0.0362. The van der Waals surface area contributed by atoms with Crippen molar-refractivity contribution in [3.63, 3.8) is 0 Å². The molecule has 3 nitrogen and oxygen atoms in total. The van der Waals surface area contributed by atoms with Gasteiger partial charge in [0, 0.05) is 32.2 Å². The standard InChI is InChI=1S/C15H19FN2O/c1-17-14(19)6-8-15(17)7-3-9-18(11-15)13-5-2-4-12(16)10-13/h2,4-5,10H,3,6-9,11H2,1H3. The highest BCUT2D eigenvalue weighted by molar-refractivity contribution is 5.79. The Morgan fingerprint density at radius 2 is 2.16 bits per heavy atom. The van der Waals surface area contributed by atoms with E-state index < -0.39 is 0 Å². The summed E-state index contributed by atoms with van der Waals surface area (Å²) in [6, 6.07) is 6.73. The molecule has 0 aromatic heterocycles. The van der Waals surface area contributed by atoms with Gasteiger partial charge in [0.1, 0.15) is 5.82 Å². The first kappa shape index (κ1) is 12.5. The summed E-state index contributed by atoms with van der Waals surface area (Å²) in [5.41, 5.74) is 0.883. The molecule has 1 aromatic carbocycles. The number of piperidine rings is 1. The molecular formula is C15H19FN2O. The van der Waals surface area contributed by atoms with Crippen LogP contribution in [0.2, 0.25) is 0 Å². The van der Waals surface area contributed by atoms with Gasteiger partial charge >= 0.3 is 0 Å². The molecule has 1 aromatic rings. The van der Waals surface area contributed by atoms with Gasteiger partial charge in [-0.05, 0) is 37.5 Å². The second-order valence-electron chi connectivity index (χ2n) is 5.68. The lowest BCUT2D eigenvalue weighted by Crippen LogP contribution is -2.55. The Bertz CT molecular complexity index is 505. The second kappa shape index (κ2) is 4.51. The fraction of sp³-hybridized carbons (Fsp3) is 0.533. The van der Waals surface area contributed by atoms with E-state index in [-0.39, 0.29) is 17.3 Å². The van der Waals surface area contributed by atoms with Gasteiger partial charge in [0.25, 0.3) is 0 Å². The Labute approximate surface area is 113 Å². The minimum atomic E-state index is -0.201. The topological polar surface area (TPSA) is 23.6 Å². The number of likely N-dealkylation sites (tertiary alicyclic amines) is 1. The van der Waals surface area contributed by atoms with Gasteiger partial charge in [-0.2, -0.15) is 0 Å². The molecule has 4 heteroatoms. The van der Waals surface area contributed by atoms with E-state index in [2.05, 4.69) is 4.90 Å². The van der Waals surface area contributed by atoms with Gasteiger partial charge in [0.15, 0.2) is 0 Å². The lowest BCUT2D eigenvalue weighted by Gasteiger charge is -2.45. The molecule has 2 aliphatic heterocycles. The minimum absolute atomic E-state index is 0.0400. The SMILES string of the molecule is CN1C(=O)CCC12CCCN(c1cccc(F)c1)C2. The number of anilines is 1. The summed E-state index contributed by atoms with van der Waals surface area (Å²) < 4.78 is 13.3. The highest BCUT2D eigenvalue weighted by Crippen LogP contribution is 2.38. The number of amides is 1. The summed E-state index contributed by atoms with van der Waals surface area (Å²) in [7, 11) is 1.91. The van der Waals surface area contributed by atoms with Gasteiger partial charge in [-0.3, -0.25) is 4.79 Å². The molecule has 0 N–H and O–H groups in total. The number of benzene rings is 1. The summed E-state index contributed by atoms with van der Waals surface area (Å²) in [6.07, 6.45) is 3.68. The summed E-state index contributed by atoms with van der Waals surface area (Å²) in [5, 5.41) is 0. The number of halogens is 1. The lowest BCUT2D eigenvalue weighted by molar-refractivity contribution is -0.129. The van der Waals surface area contributed by atoms with E-state index >= 15 is 0 Å². The van der Waals surface area contributed by atoms with E-state index in [1.807, 2.05) is 18.0 Å². The van der Waals surface area contributed by atoms with Gasteiger partial charge in [-0.15, -0.1) is 0 Å². The van der Waals surface area contributed by atoms with Crippen molar-refractivity contribution in [2.45, 2.75) is 31.2 Å². The van der Waals surface area contributed by atoms with E-state index in [0.717, 1.165) is 38.0 Å². The molecule has 1 amide bonds. The third kappa shape index (κ3) is 2.09. The third-order valence-corrected chi connectivity index (χ3v) is 4.62. The Hall–Kier alpha value is -1.58. The highest BCUT2D eigenvalue weighted by atomic mass is 19.1. The molecule has 2 aliphatic rings. The minimum Gasteiger partial charge on any atom is -0.369 e. The molecule has 0 radical (unpaired) electrons. The molecule has 2 saturated heterocycles. The van der Waals surface area contributed by atoms with Gasteiger partial charge in [0.05, 0.1) is 5.54 Å². The fourth-order valence-corrected chi connectivity index (χ4v) is 3.42. The Morgan fingerprint density at radius 3 is 2.84 bits per heavy atom. The highest BCUT2D eigenvalue weighted by Gasteiger charge is 2.45. The molecule has 0 saturated carbocycles. The van der Waals surface area contributed by atoms with Crippen LogP contribution in [0.4, 0.5) is 10.1 Å². The molecule has 1 atom stereocenters. The number of carbonyl (C=O) groups is 1. The number of nitrogens with zero attached hydrogens (tertiary/aromatic N) is 2. The van der Waals surface area contributed by atoms with Crippen molar-refractivity contribution in [2.75, 3.05) is 25.0 Å². The smallest absolute Gasteiger partial charge is 0.222 e. The van der Waals surface area contributed by atoms with Crippen molar-refractivity contribution in [3.05, 3.63) is 30.1 Å². The van der Waals surface area contributed by atoms with Crippen molar-refractivity contribution < 1.29 is 9.18 Å². The maximum Gasteiger partial charge on any atom is 0.222 e. The second-order valence-corrected chi connectivity index (χ2v) is 5.68. The van der Waals surface area contributed by atoms with E-state index in [0.29, 0.717) is 6.42 Å². The normalized spacial score (nSPS) is 27.4. The van der Waals surface area contributed by atoms with Crippen LogP contribution < -0.4 is 4.90 Å². The van der Waals surface area contributed by atoms with Gasteiger partial charge < -0.3 is 9.80 Å². The predicted octanol–water partition coefficient (Wildman–Crippen LogP) is 2.42. The zero-order valence-electron chi connectivity index (χ0n) is 11.2. The van der Waals surface area contributed by atoms with Crippen LogP contribution in [0, 0.1) is 5.82 Å². The van der Waals surface area contributed by atoms with E-state index in [1.165, 1.54) is 6.07 Å². The maximum absolute atomic E-state index is 13.3. The average Bonchev–Trinajstić information content (AvgIpc) is 2.68. The number of hydrogen-bond donors (Lipinski definition) is 0. The van der Waals surface area contributed by atoms with Crippen LogP contribution >= 0.6 is 0 Å². The number of likely N-dealkylation sites (N-methyl/N-ethyl adjacent to an activating group) is 1. The Balaban J connectivity index is 1.84. The summed E-state index contributed by atoms with van der Waals surface area (Å²) in [6.45, 7) is 1.76. The first-order chi connectivity index (χ1) is 9.11. The molecule has 0 aliphatic carbocycles. The quantitative estimate of drug-likeness (QED) is 0.776. The lowest BCUT2D eigenvalue weighted by atomic mass is 9.86. The monoisotopic (exact) mass is 262 g/mol. The van der Waals surface area contributed by atoms with Crippen LogP contribution in [0.15, 0.2) is 24.3 Å². The molecule has 102 valence electrons. The molecule has 3 rings (SSSR count). The zero-order valence-corrected chi connectivity index (χ0v) is 11.2. The number of hydrogen-bond acceptors (Lipinski definition) is 2. The molecule has 2 heterocycles. The van der Waals surface area contributed by atoms with Crippen LogP contribution in [-0.2, 0) is 4.79 Å². The van der Waals surface area contributed by atoms with E-state index in [9.17, 15) is 9.18 Å².